The number of nitrogens with zero attached hydrogens (tertiary/aromatic N) is 5. The first-order valence-corrected chi connectivity index (χ1v) is 6.07. The fraction of sp³-hybridized carbons (Fsp3) is 0. The van der Waals surface area contributed by atoms with Crippen LogP contribution in [0, 0.1) is 0 Å². The number of hydrogen-bond donors (Lipinski definition) is 0. The van der Waals surface area contributed by atoms with Crippen LogP contribution in [0.2, 0.25) is 0 Å². The molecule has 4 aromatic heterocycles. The molecule has 0 saturated heterocycles. The van der Waals surface area contributed by atoms with Crippen LogP contribution < -0.4 is 0 Å². The summed E-state index contributed by atoms with van der Waals surface area (Å²) in [5.41, 5.74) is 2.55. The lowest BCUT2D eigenvalue weighted by Crippen LogP contribution is -1.87. The zero-order chi connectivity index (χ0) is 13.4. The molecule has 6 heteroatoms. The van der Waals surface area contributed by atoms with E-state index >= 15 is 0 Å². The Labute approximate surface area is 113 Å². The predicted octanol–water partition coefficient (Wildman–Crippen LogP) is 2.45. The van der Waals surface area contributed by atoms with Crippen molar-refractivity contribution in [3.8, 4) is 22.8 Å². The molecule has 6 nitrogen and oxygen atoms in total. The van der Waals surface area contributed by atoms with Gasteiger partial charge in [-0.3, -0.25) is 4.98 Å². The summed E-state index contributed by atoms with van der Waals surface area (Å²) < 4.78 is 7.18. The van der Waals surface area contributed by atoms with Crippen molar-refractivity contribution >= 4 is 5.65 Å². The molecule has 0 aliphatic rings. The molecule has 0 bridgehead atoms. The van der Waals surface area contributed by atoms with Crippen molar-refractivity contribution in [1.82, 2.24) is 24.5 Å². The molecule has 4 aromatic rings. The van der Waals surface area contributed by atoms with Gasteiger partial charge in [0.15, 0.2) is 0 Å². The summed E-state index contributed by atoms with van der Waals surface area (Å²) in [6.45, 7) is 0. The van der Waals surface area contributed by atoms with Gasteiger partial charge in [-0.15, -0.1) is 0 Å². The number of fused-ring (bicyclic) bond motifs is 1. The highest BCUT2D eigenvalue weighted by Gasteiger charge is 2.11. The first kappa shape index (κ1) is 10.9. The fourth-order valence-electron chi connectivity index (χ4n) is 2.00. The van der Waals surface area contributed by atoms with Gasteiger partial charge in [-0.05, 0) is 24.3 Å². The summed E-state index contributed by atoms with van der Waals surface area (Å²) in [4.78, 5) is 12.6. The maximum absolute atomic E-state index is 5.27. The van der Waals surface area contributed by atoms with Gasteiger partial charge in [-0.1, -0.05) is 5.16 Å². The van der Waals surface area contributed by atoms with Gasteiger partial charge in [-0.2, -0.15) is 4.98 Å². The van der Waals surface area contributed by atoms with E-state index < -0.39 is 0 Å². The number of imidazole rings is 1. The molecule has 0 aliphatic carbocycles. The van der Waals surface area contributed by atoms with E-state index in [1.165, 1.54) is 0 Å². The van der Waals surface area contributed by atoms with E-state index in [0.29, 0.717) is 11.7 Å². The summed E-state index contributed by atoms with van der Waals surface area (Å²) in [6, 6.07) is 7.54. The van der Waals surface area contributed by atoms with Crippen molar-refractivity contribution in [3.05, 3.63) is 55.2 Å². The predicted molar refractivity (Wildman–Crippen MR) is 71.7 cm³/mol. The molecule has 0 aromatic carbocycles. The molecular formula is C14H9N5O. The molecule has 20 heavy (non-hydrogen) atoms. The van der Waals surface area contributed by atoms with Crippen molar-refractivity contribution in [2.45, 2.75) is 0 Å². The highest BCUT2D eigenvalue weighted by atomic mass is 16.5. The largest absolute Gasteiger partial charge is 0.334 e. The van der Waals surface area contributed by atoms with E-state index in [0.717, 1.165) is 16.8 Å². The van der Waals surface area contributed by atoms with Crippen LogP contribution in [-0.2, 0) is 0 Å². The Morgan fingerprint density at radius 2 is 2.05 bits per heavy atom. The van der Waals surface area contributed by atoms with Crippen molar-refractivity contribution in [2.24, 2.45) is 0 Å². The molecule has 4 rings (SSSR count). The molecule has 0 fully saturated rings. The molecule has 96 valence electrons. The molecule has 0 spiro atoms. The summed E-state index contributed by atoms with van der Waals surface area (Å²) >= 11 is 0. The van der Waals surface area contributed by atoms with Gasteiger partial charge in [0.1, 0.15) is 5.65 Å². The average molecular weight is 263 g/mol. The van der Waals surface area contributed by atoms with Crippen molar-refractivity contribution < 1.29 is 4.52 Å². The third kappa shape index (κ3) is 1.74. The lowest BCUT2D eigenvalue weighted by atomic mass is 10.2. The Morgan fingerprint density at radius 3 is 2.95 bits per heavy atom. The molecule has 0 saturated carbocycles. The molecule has 0 amide bonds. The van der Waals surface area contributed by atoms with E-state index in [2.05, 4.69) is 20.1 Å². The van der Waals surface area contributed by atoms with Crippen molar-refractivity contribution in [3.63, 3.8) is 0 Å². The minimum Gasteiger partial charge on any atom is -0.334 e. The quantitative estimate of drug-likeness (QED) is 0.555. The van der Waals surface area contributed by atoms with Crippen LogP contribution in [0.5, 0.6) is 0 Å². The molecule has 0 aliphatic heterocycles. The third-order valence-electron chi connectivity index (χ3n) is 2.98. The Bertz CT molecular complexity index is 865. The van der Waals surface area contributed by atoms with Crippen LogP contribution in [0.15, 0.2) is 59.8 Å². The molecule has 0 radical (unpaired) electrons. The van der Waals surface area contributed by atoms with E-state index in [9.17, 15) is 0 Å². The van der Waals surface area contributed by atoms with E-state index in [1.54, 1.807) is 18.6 Å². The van der Waals surface area contributed by atoms with Crippen molar-refractivity contribution in [2.75, 3.05) is 0 Å². The molecule has 0 N–H and O–H groups in total. The van der Waals surface area contributed by atoms with Crippen molar-refractivity contribution in [1.29, 1.82) is 0 Å². The Kier molecular flexibility index (Phi) is 2.32. The second-order valence-electron chi connectivity index (χ2n) is 4.28. The SMILES string of the molecule is c1cncc(-c2nc(-c3ccc4nccn4c3)no2)c1. The fourth-order valence-corrected chi connectivity index (χ4v) is 2.00. The van der Waals surface area contributed by atoms with Gasteiger partial charge in [-0.25, -0.2) is 4.98 Å². The first-order chi connectivity index (χ1) is 9.90. The van der Waals surface area contributed by atoms with Gasteiger partial charge in [0.2, 0.25) is 5.82 Å². The van der Waals surface area contributed by atoms with Gasteiger partial charge in [0, 0.05) is 36.5 Å². The molecule has 0 atom stereocenters. The maximum atomic E-state index is 5.27. The zero-order valence-corrected chi connectivity index (χ0v) is 10.3. The molecule has 0 unspecified atom stereocenters. The minimum absolute atomic E-state index is 0.457. The number of aromatic nitrogens is 5. The smallest absolute Gasteiger partial charge is 0.259 e. The Hall–Kier alpha value is -3.02. The first-order valence-electron chi connectivity index (χ1n) is 6.07. The van der Waals surface area contributed by atoms with Crippen LogP contribution in [0.3, 0.4) is 0 Å². The molecule has 4 heterocycles. The Balaban J connectivity index is 1.77. The van der Waals surface area contributed by atoms with Gasteiger partial charge in [0.25, 0.3) is 5.89 Å². The number of rotatable bonds is 2. The summed E-state index contributed by atoms with van der Waals surface area (Å²) in [7, 11) is 0. The van der Waals surface area contributed by atoms with E-state index in [4.69, 9.17) is 4.52 Å². The topological polar surface area (TPSA) is 69.1 Å². The lowest BCUT2D eigenvalue weighted by Gasteiger charge is -1.96. The second-order valence-corrected chi connectivity index (χ2v) is 4.28. The maximum Gasteiger partial charge on any atom is 0.259 e. The average Bonchev–Trinajstić information content (AvgIpc) is 3.16. The number of pyridine rings is 2. The summed E-state index contributed by atoms with van der Waals surface area (Å²) in [6.07, 6.45) is 8.93. The van der Waals surface area contributed by atoms with Gasteiger partial charge >= 0.3 is 0 Å². The Morgan fingerprint density at radius 1 is 1.05 bits per heavy atom. The third-order valence-corrected chi connectivity index (χ3v) is 2.98. The number of hydrogen-bond acceptors (Lipinski definition) is 5. The minimum atomic E-state index is 0.457. The molecular weight excluding hydrogens is 254 g/mol. The van der Waals surface area contributed by atoms with Gasteiger partial charge < -0.3 is 8.92 Å². The monoisotopic (exact) mass is 263 g/mol. The second kappa shape index (κ2) is 4.27. The normalized spacial score (nSPS) is 11.0. The highest BCUT2D eigenvalue weighted by molar-refractivity contribution is 5.60. The van der Waals surface area contributed by atoms with Crippen LogP contribution in [-0.4, -0.2) is 24.5 Å². The zero-order valence-electron chi connectivity index (χ0n) is 10.3. The highest BCUT2D eigenvalue weighted by Crippen LogP contribution is 2.21. The van der Waals surface area contributed by atoms with Crippen LogP contribution in [0.4, 0.5) is 0 Å². The van der Waals surface area contributed by atoms with E-state index in [1.807, 2.05) is 41.1 Å². The van der Waals surface area contributed by atoms with Crippen LogP contribution >= 0.6 is 0 Å². The summed E-state index contributed by atoms with van der Waals surface area (Å²) in [5, 5.41) is 4.01. The van der Waals surface area contributed by atoms with Crippen LogP contribution in [0.25, 0.3) is 28.5 Å². The van der Waals surface area contributed by atoms with E-state index in [-0.39, 0.29) is 0 Å². The standard InChI is InChI=1S/C14H9N5O/c1-2-10(8-15-5-1)14-17-13(18-20-14)11-3-4-12-16-6-7-19(12)9-11/h1-9H. The van der Waals surface area contributed by atoms with Gasteiger partial charge in [0.05, 0.1) is 5.56 Å². The van der Waals surface area contributed by atoms with Crippen LogP contribution in [0.1, 0.15) is 0 Å². The lowest BCUT2D eigenvalue weighted by molar-refractivity contribution is 0.432. The summed E-state index contributed by atoms with van der Waals surface area (Å²) in [5.74, 6) is 0.998.